The Morgan fingerprint density at radius 3 is 1.95 bits per heavy atom. The van der Waals surface area contributed by atoms with Gasteiger partial charge in [0.05, 0.1) is 10.6 Å². The average molecular weight is 634 g/mol. The van der Waals surface area contributed by atoms with E-state index >= 15 is 0 Å². The monoisotopic (exact) mass is 633 g/mol. The van der Waals surface area contributed by atoms with E-state index in [1.807, 2.05) is 0 Å². The van der Waals surface area contributed by atoms with E-state index in [4.69, 9.17) is 5.73 Å². The molecule has 0 amide bonds. The molecule has 1 heterocycles. The number of anilines is 3. The molecule has 216 valence electrons. The molecule has 22 heteroatoms. The van der Waals surface area contributed by atoms with Crippen LogP contribution in [-0.2, 0) is 30.4 Å². The van der Waals surface area contributed by atoms with Gasteiger partial charge in [0.2, 0.25) is 5.95 Å². The molecular formula is C19H13F2N7O10S3. The van der Waals surface area contributed by atoms with Crippen LogP contribution in [-0.4, -0.2) is 59.0 Å². The number of benzene rings is 3. The highest BCUT2D eigenvalue weighted by Gasteiger charge is 2.25. The Morgan fingerprint density at radius 2 is 1.39 bits per heavy atom. The maximum Gasteiger partial charge on any atom is 0.315 e. The Kier molecular flexibility index (Phi) is 7.32. The number of fused-ring (bicyclic) bond motifs is 1. The molecule has 1 aromatic heterocycles. The summed E-state index contributed by atoms with van der Waals surface area (Å²) in [4.78, 5) is 6.13. The molecule has 0 bridgehead atoms. The van der Waals surface area contributed by atoms with Gasteiger partial charge in [-0.05, 0) is 35.7 Å². The zero-order valence-electron chi connectivity index (χ0n) is 19.5. The standard InChI is InChI=1S/C19H13F2N7O10S3/c20-17-24-18(21)26-19(25-17)23-8-1-2-10(12(5-8)40(33,34)35)27-28-16-13(41(36,37)38)4-7-3-9(39(30,31)32)6-11(29)14(7)15(16)22/h1-6,29H,22H2,(H,30,31,32)(H,33,34,35)(H,36,37,38)(H,23,24,25,26). The first kappa shape index (κ1) is 29.5. The molecule has 0 radical (unpaired) electrons. The molecule has 0 saturated heterocycles. The summed E-state index contributed by atoms with van der Waals surface area (Å²) in [6, 6.07) is 4.67. The van der Waals surface area contributed by atoms with Crippen molar-refractivity contribution in [3.05, 3.63) is 48.6 Å². The number of aromatic nitrogens is 3. The number of phenolic OH excluding ortho intramolecular Hbond substituents is 1. The number of rotatable bonds is 7. The van der Waals surface area contributed by atoms with E-state index in [0.29, 0.717) is 12.1 Å². The van der Waals surface area contributed by atoms with Crippen molar-refractivity contribution in [2.75, 3.05) is 11.1 Å². The third kappa shape index (κ3) is 6.31. The van der Waals surface area contributed by atoms with Crippen molar-refractivity contribution in [3.63, 3.8) is 0 Å². The second-order valence-corrected chi connectivity index (χ2v) is 12.0. The van der Waals surface area contributed by atoms with E-state index < -0.39 is 86.0 Å². The predicted molar refractivity (Wildman–Crippen MR) is 133 cm³/mol. The van der Waals surface area contributed by atoms with E-state index in [-0.39, 0.29) is 16.5 Å². The van der Waals surface area contributed by atoms with E-state index in [2.05, 4.69) is 30.5 Å². The largest absolute Gasteiger partial charge is 0.507 e. The minimum absolute atomic E-state index is 0.231. The SMILES string of the molecule is Nc1c(N=Nc2ccc(Nc3nc(F)nc(F)n3)cc2S(=O)(=O)O)c(S(=O)(=O)O)cc2cc(S(=O)(=O)O)cc(O)c12. The van der Waals surface area contributed by atoms with Gasteiger partial charge in [0.25, 0.3) is 30.4 Å². The summed E-state index contributed by atoms with van der Waals surface area (Å²) in [6.07, 6.45) is -2.99. The number of halogens is 2. The summed E-state index contributed by atoms with van der Waals surface area (Å²) in [5.41, 5.74) is 3.55. The number of aromatic hydroxyl groups is 1. The lowest BCUT2D eigenvalue weighted by Crippen LogP contribution is -2.05. The number of nitrogens with zero attached hydrogens (tertiary/aromatic N) is 5. The molecule has 0 saturated carbocycles. The summed E-state index contributed by atoms with van der Waals surface area (Å²) in [5.74, 6) is -1.53. The van der Waals surface area contributed by atoms with Crippen LogP contribution in [0.4, 0.5) is 37.5 Å². The molecule has 0 unspecified atom stereocenters. The number of nitrogens with one attached hydrogen (secondary N) is 1. The summed E-state index contributed by atoms with van der Waals surface area (Å²) >= 11 is 0. The van der Waals surface area contributed by atoms with Crippen molar-refractivity contribution in [1.82, 2.24) is 15.0 Å². The summed E-state index contributed by atoms with van der Waals surface area (Å²) in [7, 11) is -15.1. The van der Waals surface area contributed by atoms with Gasteiger partial charge in [-0.2, -0.15) is 49.0 Å². The van der Waals surface area contributed by atoms with Crippen LogP contribution < -0.4 is 11.1 Å². The van der Waals surface area contributed by atoms with Crippen molar-refractivity contribution in [1.29, 1.82) is 0 Å². The van der Waals surface area contributed by atoms with Gasteiger partial charge in [-0.1, -0.05) is 0 Å². The van der Waals surface area contributed by atoms with Gasteiger partial charge in [-0.15, -0.1) is 10.2 Å². The van der Waals surface area contributed by atoms with Crippen LogP contribution in [0.3, 0.4) is 0 Å². The first-order valence-corrected chi connectivity index (χ1v) is 14.6. The topological polar surface area (TPSA) is 285 Å². The minimum atomic E-state index is -5.19. The van der Waals surface area contributed by atoms with E-state index in [1.165, 1.54) is 0 Å². The van der Waals surface area contributed by atoms with Gasteiger partial charge in [0.15, 0.2) is 0 Å². The van der Waals surface area contributed by atoms with E-state index in [0.717, 1.165) is 24.3 Å². The van der Waals surface area contributed by atoms with Crippen LogP contribution in [0, 0.1) is 12.2 Å². The minimum Gasteiger partial charge on any atom is -0.507 e. The van der Waals surface area contributed by atoms with Crippen LogP contribution in [0.2, 0.25) is 0 Å². The highest BCUT2D eigenvalue weighted by molar-refractivity contribution is 7.86. The second kappa shape index (κ2) is 10.2. The predicted octanol–water partition coefficient (Wildman–Crippen LogP) is 2.49. The van der Waals surface area contributed by atoms with Crippen LogP contribution in [0.1, 0.15) is 0 Å². The fraction of sp³-hybridized carbons (Fsp3) is 0. The van der Waals surface area contributed by atoms with Crippen LogP contribution in [0.5, 0.6) is 5.75 Å². The molecule has 3 aromatic carbocycles. The smallest absolute Gasteiger partial charge is 0.315 e. The lowest BCUT2D eigenvalue weighted by Gasteiger charge is -2.12. The molecule has 0 aliphatic rings. The van der Waals surface area contributed by atoms with Crippen molar-refractivity contribution in [2.24, 2.45) is 10.2 Å². The number of hydrogen-bond donors (Lipinski definition) is 6. The maximum absolute atomic E-state index is 13.2. The van der Waals surface area contributed by atoms with E-state index in [9.17, 15) is 52.8 Å². The van der Waals surface area contributed by atoms with Gasteiger partial charge in [0, 0.05) is 17.1 Å². The Labute approximate surface area is 227 Å². The highest BCUT2D eigenvalue weighted by atomic mass is 32.2. The zero-order valence-corrected chi connectivity index (χ0v) is 21.9. The first-order valence-electron chi connectivity index (χ1n) is 10.3. The van der Waals surface area contributed by atoms with Crippen molar-refractivity contribution < 1.29 is 52.8 Å². The quantitative estimate of drug-likeness (QED) is 0.0968. The maximum atomic E-state index is 13.2. The number of phenols is 1. The van der Waals surface area contributed by atoms with Crippen molar-refractivity contribution in [3.8, 4) is 5.75 Å². The molecular weight excluding hydrogens is 620 g/mol. The summed E-state index contributed by atoms with van der Waals surface area (Å²) < 4.78 is 126. The zero-order chi connectivity index (χ0) is 30.5. The normalized spacial score (nSPS) is 12.7. The molecule has 0 aliphatic carbocycles. The fourth-order valence-corrected chi connectivity index (χ4v) is 5.29. The molecule has 4 aromatic rings. The van der Waals surface area contributed by atoms with Gasteiger partial charge < -0.3 is 16.2 Å². The molecule has 0 spiro atoms. The summed E-state index contributed by atoms with van der Waals surface area (Å²) in [5, 5.41) is 19.0. The van der Waals surface area contributed by atoms with Crippen LogP contribution in [0.25, 0.3) is 10.8 Å². The second-order valence-electron chi connectivity index (χ2n) is 7.81. The molecule has 0 aliphatic heterocycles. The third-order valence-corrected chi connectivity index (χ3v) is 7.66. The fourth-order valence-electron chi connectivity index (χ4n) is 3.43. The van der Waals surface area contributed by atoms with Gasteiger partial charge in [-0.25, -0.2) is 0 Å². The molecule has 0 atom stereocenters. The van der Waals surface area contributed by atoms with Gasteiger partial charge >= 0.3 is 12.2 Å². The van der Waals surface area contributed by atoms with Gasteiger partial charge in [-0.3, -0.25) is 13.7 Å². The Bertz CT molecular complexity index is 2090. The van der Waals surface area contributed by atoms with Crippen LogP contribution in [0.15, 0.2) is 61.3 Å². The lowest BCUT2D eigenvalue weighted by atomic mass is 10.1. The number of azo groups is 1. The molecule has 7 N–H and O–H groups in total. The Hall–Kier alpha value is -4.48. The Morgan fingerprint density at radius 1 is 0.780 bits per heavy atom. The van der Waals surface area contributed by atoms with Crippen molar-refractivity contribution in [2.45, 2.75) is 14.7 Å². The Balaban J connectivity index is 1.88. The van der Waals surface area contributed by atoms with Crippen molar-refractivity contribution >= 4 is 69.8 Å². The molecule has 4 rings (SSSR count). The first-order chi connectivity index (χ1) is 18.8. The number of nitrogens with two attached hydrogens (primary N) is 1. The summed E-state index contributed by atoms with van der Waals surface area (Å²) in [6.45, 7) is 0. The molecule has 17 nitrogen and oxygen atoms in total. The number of nitrogen functional groups attached to an aromatic ring is 1. The molecule has 41 heavy (non-hydrogen) atoms. The van der Waals surface area contributed by atoms with Gasteiger partial charge in [0.1, 0.15) is 26.9 Å². The third-order valence-electron chi connectivity index (χ3n) is 5.07. The highest BCUT2D eigenvalue weighted by Crippen LogP contribution is 2.43. The number of hydrogen-bond acceptors (Lipinski definition) is 14. The molecule has 0 fully saturated rings. The average Bonchev–Trinajstić information content (AvgIpc) is 2.81. The van der Waals surface area contributed by atoms with Crippen LogP contribution >= 0.6 is 0 Å². The van der Waals surface area contributed by atoms with E-state index in [1.54, 1.807) is 0 Å². The lowest BCUT2D eigenvalue weighted by molar-refractivity contribution is 0.457.